The molecule has 2 aromatic carbocycles. The van der Waals surface area contributed by atoms with Crippen molar-refractivity contribution < 1.29 is 9.53 Å². The van der Waals surface area contributed by atoms with E-state index in [0.29, 0.717) is 30.1 Å². The summed E-state index contributed by atoms with van der Waals surface area (Å²) in [6, 6.07) is 20.9. The molecule has 0 aliphatic heterocycles. The van der Waals surface area contributed by atoms with Gasteiger partial charge in [-0.05, 0) is 72.2 Å². The topological polar surface area (TPSA) is 98.1 Å². The van der Waals surface area contributed by atoms with Crippen molar-refractivity contribution in [3.8, 4) is 16.9 Å². The van der Waals surface area contributed by atoms with Crippen molar-refractivity contribution in [1.29, 1.82) is 0 Å². The van der Waals surface area contributed by atoms with Crippen LogP contribution in [0.4, 0.5) is 16.2 Å². The fourth-order valence-electron chi connectivity index (χ4n) is 5.75. The molecule has 0 spiro atoms. The number of carbonyl (C=O) groups is 1. The maximum absolute atomic E-state index is 14.3. The lowest BCUT2D eigenvalue weighted by molar-refractivity contribution is 0.262. The van der Waals surface area contributed by atoms with Crippen LogP contribution in [0.25, 0.3) is 22.2 Å². The van der Waals surface area contributed by atoms with Crippen LogP contribution in [0, 0.1) is 6.92 Å². The molecule has 0 bridgehead atoms. The number of benzene rings is 2. The molecule has 2 N–H and O–H groups in total. The Morgan fingerprint density at radius 1 is 0.870 bits per heavy atom. The van der Waals surface area contributed by atoms with Crippen molar-refractivity contribution in [2.75, 3.05) is 10.6 Å². The van der Waals surface area contributed by atoms with Crippen LogP contribution < -0.4 is 20.9 Å². The molecular weight excluding hydrogens is 574 g/mol. The van der Waals surface area contributed by atoms with Gasteiger partial charge in [-0.15, -0.1) is 0 Å². The van der Waals surface area contributed by atoms with E-state index >= 15 is 0 Å². The van der Waals surface area contributed by atoms with Gasteiger partial charge in [0.15, 0.2) is 0 Å². The van der Waals surface area contributed by atoms with Crippen LogP contribution in [0.1, 0.15) is 81.7 Å². The minimum Gasteiger partial charge on any atom is -0.489 e. The number of ether oxygens (including phenoxy) is 1. The second kappa shape index (κ2) is 14.4. The van der Waals surface area contributed by atoms with Gasteiger partial charge in [0, 0.05) is 46.8 Å². The summed E-state index contributed by atoms with van der Waals surface area (Å²) in [5, 5.41) is 6.87. The molecule has 8 heteroatoms. The number of hydrogen-bond donors (Lipinski definition) is 2. The van der Waals surface area contributed by atoms with Crippen molar-refractivity contribution in [2.24, 2.45) is 0 Å². The molecule has 3 aromatic heterocycles. The zero-order chi connectivity index (χ0) is 32.8. The van der Waals surface area contributed by atoms with Gasteiger partial charge in [-0.2, -0.15) is 0 Å². The fraction of sp³-hybridized carbons (Fsp3) is 0.316. The summed E-state index contributed by atoms with van der Waals surface area (Å²) in [6.45, 7) is 13.3. The summed E-state index contributed by atoms with van der Waals surface area (Å²) in [5.41, 5.74) is 6.56. The lowest BCUT2D eigenvalue weighted by Crippen LogP contribution is -2.30. The molecule has 5 aromatic rings. The number of amides is 2. The molecule has 3 heterocycles. The number of hydrogen-bond acceptors (Lipinski definition) is 5. The van der Waals surface area contributed by atoms with Crippen LogP contribution in [0.3, 0.4) is 0 Å². The zero-order valence-electron chi connectivity index (χ0n) is 27.6. The molecule has 0 aliphatic rings. The molecule has 5 rings (SSSR count). The first-order valence-corrected chi connectivity index (χ1v) is 16.1. The van der Waals surface area contributed by atoms with Crippen LogP contribution in [-0.4, -0.2) is 20.6 Å². The van der Waals surface area contributed by atoms with Crippen LogP contribution in [0.2, 0.25) is 0 Å². The first-order chi connectivity index (χ1) is 22.2. The van der Waals surface area contributed by atoms with Crippen LogP contribution in [0.5, 0.6) is 5.75 Å². The molecular formula is C38H43N5O3. The average Bonchev–Trinajstić information content (AvgIpc) is 3.04. The van der Waals surface area contributed by atoms with Gasteiger partial charge in [0.2, 0.25) is 0 Å². The van der Waals surface area contributed by atoms with E-state index in [1.807, 2.05) is 73.7 Å². The number of rotatable bonds is 11. The van der Waals surface area contributed by atoms with E-state index in [1.165, 1.54) is 0 Å². The van der Waals surface area contributed by atoms with E-state index in [4.69, 9.17) is 4.74 Å². The Kier molecular flexibility index (Phi) is 10.2. The Morgan fingerprint density at radius 3 is 2.24 bits per heavy atom. The third-order valence-corrected chi connectivity index (χ3v) is 8.24. The van der Waals surface area contributed by atoms with Gasteiger partial charge in [-0.3, -0.25) is 14.3 Å². The third-order valence-electron chi connectivity index (χ3n) is 8.24. The number of para-hydroxylation sites is 1. The summed E-state index contributed by atoms with van der Waals surface area (Å²) in [4.78, 5) is 37.2. The number of anilines is 2. The van der Waals surface area contributed by atoms with Crippen molar-refractivity contribution in [3.63, 3.8) is 0 Å². The van der Waals surface area contributed by atoms with Crippen LogP contribution in [0.15, 0.2) is 83.9 Å². The lowest BCUT2D eigenvalue weighted by Gasteiger charge is -2.22. The average molecular weight is 618 g/mol. The largest absolute Gasteiger partial charge is 0.489 e. The predicted octanol–water partition coefficient (Wildman–Crippen LogP) is 9.04. The van der Waals surface area contributed by atoms with Crippen molar-refractivity contribution in [2.45, 2.75) is 79.4 Å². The lowest BCUT2D eigenvalue weighted by atomic mass is 9.93. The first-order valence-electron chi connectivity index (χ1n) is 16.1. The molecule has 0 aliphatic carbocycles. The number of nitrogens with zero attached hydrogens (tertiary/aromatic N) is 3. The van der Waals surface area contributed by atoms with E-state index in [-0.39, 0.29) is 23.1 Å². The molecule has 0 atom stereocenters. The third kappa shape index (κ3) is 6.96. The highest BCUT2D eigenvalue weighted by Gasteiger charge is 2.23. The summed E-state index contributed by atoms with van der Waals surface area (Å²) < 4.78 is 7.86. The van der Waals surface area contributed by atoms with Crippen molar-refractivity contribution >= 4 is 28.4 Å². The first kappa shape index (κ1) is 32.4. The van der Waals surface area contributed by atoms with Crippen LogP contribution in [-0.2, 0) is 13.2 Å². The number of urea groups is 1. The Morgan fingerprint density at radius 2 is 1.54 bits per heavy atom. The molecule has 0 fully saturated rings. The predicted molar refractivity (Wildman–Crippen MR) is 187 cm³/mol. The molecule has 2 amide bonds. The van der Waals surface area contributed by atoms with Crippen molar-refractivity contribution in [1.82, 2.24) is 14.5 Å². The Hall–Kier alpha value is -4.98. The van der Waals surface area contributed by atoms with E-state index < -0.39 is 6.03 Å². The number of aryl methyl sites for hydroxylation is 2. The molecule has 0 saturated heterocycles. The number of fused-ring (bicyclic) bond motifs is 1. The molecule has 0 unspecified atom stereocenters. The molecule has 238 valence electrons. The van der Waals surface area contributed by atoms with Gasteiger partial charge in [-0.25, -0.2) is 9.78 Å². The van der Waals surface area contributed by atoms with Gasteiger partial charge < -0.3 is 15.4 Å². The minimum atomic E-state index is -0.474. The maximum Gasteiger partial charge on any atom is 0.323 e. The van der Waals surface area contributed by atoms with Crippen molar-refractivity contribution in [3.05, 3.63) is 112 Å². The van der Waals surface area contributed by atoms with E-state index in [0.717, 1.165) is 51.9 Å². The number of nitrogens with one attached hydrogen (secondary N) is 2. The van der Waals surface area contributed by atoms with Gasteiger partial charge in [0.1, 0.15) is 23.7 Å². The quantitative estimate of drug-likeness (QED) is 0.154. The molecule has 0 saturated carbocycles. The highest BCUT2D eigenvalue weighted by molar-refractivity contribution is 6.07. The van der Waals surface area contributed by atoms with Gasteiger partial charge in [-0.1, -0.05) is 77.4 Å². The standard InChI is InChI=1S/C38H43N5O3/c1-7-8-21-43-36-32(18-12-20-40-36)33(27-13-9-15-29(22-27)46-23-28-14-11-19-39-26(28)6)35(37(43)44)42-38(45)41-34-30(24(2)3)16-10-17-31(34)25(4)5/h9-20,22,24-25H,7-8,21,23H2,1-6H3,(H2,41,42,45). The SMILES string of the molecule is CCCCn1c(=O)c(NC(=O)Nc2c(C(C)C)cccc2C(C)C)c(-c2cccc(OCc3cccnc3C)c2)c2cccnc21. The normalized spacial score (nSPS) is 11.3. The highest BCUT2D eigenvalue weighted by atomic mass is 16.5. The maximum atomic E-state index is 14.3. The van der Waals surface area contributed by atoms with E-state index in [9.17, 15) is 9.59 Å². The monoisotopic (exact) mass is 617 g/mol. The molecule has 8 nitrogen and oxygen atoms in total. The van der Waals surface area contributed by atoms with Crippen LogP contribution >= 0.6 is 0 Å². The summed E-state index contributed by atoms with van der Waals surface area (Å²) in [5.74, 6) is 1.03. The Balaban J connectivity index is 1.61. The van der Waals surface area contributed by atoms with Gasteiger partial charge >= 0.3 is 6.03 Å². The van der Waals surface area contributed by atoms with Gasteiger partial charge in [0.05, 0.1) is 0 Å². The highest BCUT2D eigenvalue weighted by Crippen LogP contribution is 2.36. The molecule has 46 heavy (non-hydrogen) atoms. The molecule has 0 radical (unpaired) electrons. The minimum absolute atomic E-state index is 0.195. The number of unbranched alkanes of at least 4 members (excludes halogenated alkanes) is 1. The number of carbonyl (C=O) groups excluding carboxylic acids is 1. The summed E-state index contributed by atoms with van der Waals surface area (Å²) in [6.07, 6.45) is 5.16. The van der Waals surface area contributed by atoms with E-state index in [1.54, 1.807) is 17.0 Å². The number of aromatic nitrogens is 3. The smallest absolute Gasteiger partial charge is 0.323 e. The second-order valence-electron chi connectivity index (χ2n) is 12.2. The zero-order valence-corrected chi connectivity index (χ0v) is 27.6. The van der Waals surface area contributed by atoms with E-state index in [2.05, 4.69) is 55.2 Å². The fourth-order valence-corrected chi connectivity index (χ4v) is 5.75. The second-order valence-corrected chi connectivity index (χ2v) is 12.2. The Labute approximate surface area is 270 Å². The summed E-state index contributed by atoms with van der Waals surface area (Å²) >= 11 is 0. The number of pyridine rings is 3. The van der Waals surface area contributed by atoms with Gasteiger partial charge in [0.25, 0.3) is 5.56 Å². The Bertz CT molecular complexity index is 1890. The summed E-state index contributed by atoms with van der Waals surface area (Å²) in [7, 11) is 0.